The van der Waals surface area contributed by atoms with Crippen molar-refractivity contribution in [1.82, 2.24) is 4.90 Å². The van der Waals surface area contributed by atoms with Crippen molar-refractivity contribution in [3.63, 3.8) is 0 Å². The lowest BCUT2D eigenvalue weighted by atomic mass is 9.76. The first-order valence-electron chi connectivity index (χ1n) is 6.64. The zero-order valence-electron chi connectivity index (χ0n) is 10.8. The van der Waals surface area contributed by atoms with E-state index in [1.54, 1.807) is 0 Å². The van der Waals surface area contributed by atoms with Gasteiger partial charge in [0.05, 0.1) is 0 Å². The van der Waals surface area contributed by atoms with Crippen molar-refractivity contribution in [3.8, 4) is 0 Å². The third-order valence-corrected chi connectivity index (χ3v) is 3.85. The molecule has 1 aromatic rings. The van der Waals surface area contributed by atoms with Crippen molar-refractivity contribution in [2.24, 2.45) is 0 Å². The minimum Gasteiger partial charge on any atom is -0.448 e. The standard InChI is InChI=1S/C14H18BF3N/c1-2-14(15(16,17)18)19-10-8-13(9-11-19)12-6-4-3-5-7-12/h2-7,13-14H,1,8-11H2/q-1. The van der Waals surface area contributed by atoms with E-state index in [-0.39, 0.29) is 0 Å². The van der Waals surface area contributed by atoms with E-state index in [4.69, 9.17) is 0 Å². The smallest absolute Gasteiger partial charge is 0.448 e. The number of hydrogen-bond acceptors (Lipinski definition) is 1. The van der Waals surface area contributed by atoms with Crippen LogP contribution in [0.4, 0.5) is 12.9 Å². The van der Waals surface area contributed by atoms with Crippen molar-refractivity contribution in [1.29, 1.82) is 0 Å². The monoisotopic (exact) mass is 268 g/mol. The fourth-order valence-corrected chi connectivity index (χ4v) is 2.80. The molecule has 0 N–H and O–H groups in total. The van der Waals surface area contributed by atoms with Gasteiger partial charge in [-0.05, 0) is 43.4 Å². The number of halogens is 3. The van der Waals surface area contributed by atoms with Crippen molar-refractivity contribution in [3.05, 3.63) is 48.6 Å². The summed E-state index contributed by atoms with van der Waals surface area (Å²) in [7, 11) is 0. The maximum atomic E-state index is 12.9. The molecule has 19 heavy (non-hydrogen) atoms. The van der Waals surface area contributed by atoms with Gasteiger partial charge in [-0.3, -0.25) is 0 Å². The van der Waals surface area contributed by atoms with Crippen molar-refractivity contribution in [2.45, 2.75) is 24.7 Å². The van der Waals surface area contributed by atoms with Gasteiger partial charge in [0.15, 0.2) is 0 Å². The Balaban J connectivity index is 1.97. The normalized spacial score (nSPS) is 20.2. The Labute approximate surface area is 112 Å². The first kappa shape index (κ1) is 14.2. The van der Waals surface area contributed by atoms with Crippen LogP contribution in [0, 0.1) is 0 Å². The van der Waals surface area contributed by atoms with Gasteiger partial charge >= 0.3 is 6.98 Å². The first-order chi connectivity index (χ1) is 9.02. The molecule has 0 spiro atoms. The molecular weight excluding hydrogens is 250 g/mol. The Kier molecular flexibility index (Phi) is 4.35. The van der Waals surface area contributed by atoms with E-state index in [0.717, 1.165) is 18.9 Å². The summed E-state index contributed by atoms with van der Waals surface area (Å²) in [5.41, 5.74) is 1.23. The zero-order valence-corrected chi connectivity index (χ0v) is 10.8. The molecule has 1 saturated heterocycles. The highest BCUT2D eigenvalue weighted by molar-refractivity contribution is 6.60. The van der Waals surface area contributed by atoms with E-state index in [1.165, 1.54) is 10.5 Å². The molecule has 1 heterocycles. The molecule has 104 valence electrons. The largest absolute Gasteiger partial charge is 0.498 e. The van der Waals surface area contributed by atoms with Gasteiger partial charge in [0, 0.05) is 0 Å². The van der Waals surface area contributed by atoms with Crippen molar-refractivity contribution < 1.29 is 12.9 Å². The summed E-state index contributed by atoms with van der Waals surface area (Å²) in [6, 6.07) is 10.0. The van der Waals surface area contributed by atoms with Crippen LogP contribution >= 0.6 is 0 Å². The van der Waals surface area contributed by atoms with Crippen molar-refractivity contribution in [2.75, 3.05) is 13.1 Å². The second kappa shape index (κ2) is 5.82. The molecule has 0 radical (unpaired) electrons. The maximum Gasteiger partial charge on any atom is 0.498 e. The van der Waals surface area contributed by atoms with Crippen LogP contribution in [0.3, 0.4) is 0 Å². The average Bonchev–Trinajstić information content (AvgIpc) is 2.40. The third kappa shape index (κ3) is 3.41. The molecule has 1 aliphatic rings. The fraction of sp³-hybridized carbons (Fsp3) is 0.429. The minimum atomic E-state index is -4.87. The second-order valence-electron chi connectivity index (χ2n) is 5.07. The van der Waals surface area contributed by atoms with Gasteiger partial charge in [0.2, 0.25) is 0 Å². The highest BCUT2D eigenvalue weighted by atomic mass is 19.4. The highest BCUT2D eigenvalue weighted by Crippen LogP contribution is 2.31. The molecule has 0 aliphatic carbocycles. The Morgan fingerprint density at radius 3 is 2.21 bits per heavy atom. The van der Waals surface area contributed by atoms with Gasteiger partial charge in [-0.15, -0.1) is 12.7 Å². The predicted molar refractivity (Wildman–Crippen MR) is 73.1 cm³/mol. The van der Waals surface area contributed by atoms with Crippen LogP contribution in [0.1, 0.15) is 24.3 Å². The van der Waals surface area contributed by atoms with Crippen LogP contribution in [0.25, 0.3) is 0 Å². The Hall–Kier alpha value is -1.23. The van der Waals surface area contributed by atoms with Gasteiger partial charge < -0.3 is 17.8 Å². The lowest BCUT2D eigenvalue weighted by molar-refractivity contribution is 0.187. The lowest BCUT2D eigenvalue weighted by Crippen LogP contribution is -2.50. The number of piperidine rings is 1. The molecular formula is C14H18BF3N-. The predicted octanol–water partition coefficient (Wildman–Crippen LogP) is 3.81. The summed E-state index contributed by atoms with van der Waals surface area (Å²) in [5.74, 6) is -1.07. The van der Waals surface area contributed by atoms with Crippen LogP contribution in [-0.2, 0) is 0 Å². The number of likely N-dealkylation sites (tertiary alicyclic amines) is 1. The molecule has 0 amide bonds. The van der Waals surface area contributed by atoms with E-state index in [0.29, 0.717) is 19.0 Å². The SMILES string of the molecule is C=CC(N1CCC(c2ccccc2)CC1)[B-](F)(F)F. The Bertz CT molecular complexity index is 410. The summed E-state index contributed by atoms with van der Waals surface area (Å²) in [6.07, 6.45) is 2.59. The highest BCUT2D eigenvalue weighted by Gasteiger charge is 2.38. The second-order valence-corrected chi connectivity index (χ2v) is 5.07. The minimum absolute atomic E-state index is 0.378. The van der Waals surface area contributed by atoms with Crippen LogP contribution in [-0.4, -0.2) is 30.9 Å². The Morgan fingerprint density at radius 1 is 1.16 bits per heavy atom. The molecule has 1 atom stereocenters. The molecule has 5 heteroatoms. The molecule has 1 unspecified atom stereocenters. The average molecular weight is 268 g/mol. The molecule has 0 bridgehead atoms. The van der Waals surface area contributed by atoms with Gasteiger partial charge in [-0.25, -0.2) is 0 Å². The quantitative estimate of drug-likeness (QED) is 0.593. The van der Waals surface area contributed by atoms with E-state index >= 15 is 0 Å². The van der Waals surface area contributed by atoms with Gasteiger partial charge in [-0.2, -0.15) is 0 Å². The zero-order chi connectivity index (χ0) is 13.9. The lowest BCUT2D eigenvalue weighted by Gasteiger charge is -2.40. The topological polar surface area (TPSA) is 3.24 Å². The molecule has 1 aliphatic heterocycles. The van der Waals surface area contributed by atoms with Crippen molar-refractivity contribution >= 4 is 6.98 Å². The van der Waals surface area contributed by atoms with Crippen LogP contribution < -0.4 is 0 Å². The molecule has 0 aromatic heterocycles. The van der Waals surface area contributed by atoms with Gasteiger partial charge in [0.25, 0.3) is 0 Å². The summed E-state index contributed by atoms with van der Waals surface area (Å²) in [6.45, 7) is -0.571. The number of rotatable bonds is 4. The number of hydrogen-bond donors (Lipinski definition) is 0. The summed E-state index contributed by atoms with van der Waals surface area (Å²) in [5, 5.41) is 0. The van der Waals surface area contributed by atoms with E-state index < -0.39 is 12.9 Å². The fourth-order valence-electron chi connectivity index (χ4n) is 2.80. The van der Waals surface area contributed by atoms with Crippen LogP contribution in [0.2, 0.25) is 0 Å². The third-order valence-electron chi connectivity index (χ3n) is 3.85. The summed E-state index contributed by atoms with van der Waals surface area (Å²) < 4.78 is 38.6. The summed E-state index contributed by atoms with van der Waals surface area (Å²) >= 11 is 0. The maximum absolute atomic E-state index is 12.9. The molecule has 1 fully saturated rings. The van der Waals surface area contributed by atoms with Crippen LogP contribution in [0.15, 0.2) is 43.0 Å². The molecule has 1 aromatic carbocycles. The van der Waals surface area contributed by atoms with Gasteiger partial charge in [-0.1, -0.05) is 30.3 Å². The van der Waals surface area contributed by atoms with Gasteiger partial charge in [0.1, 0.15) is 0 Å². The Morgan fingerprint density at radius 2 is 1.74 bits per heavy atom. The molecule has 0 saturated carbocycles. The van der Waals surface area contributed by atoms with E-state index in [9.17, 15) is 12.9 Å². The van der Waals surface area contributed by atoms with E-state index in [2.05, 4.69) is 18.7 Å². The van der Waals surface area contributed by atoms with Crippen LogP contribution in [0.5, 0.6) is 0 Å². The molecule has 2 rings (SSSR count). The number of benzene rings is 1. The molecule has 1 nitrogen and oxygen atoms in total. The number of nitrogens with zero attached hydrogens (tertiary/aromatic N) is 1. The first-order valence-corrected chi connectivity index (χ1v) is 6.64. The van der Waals surface area contributed by atoms with E-state index in [1.807, 2.05) is 18.2 Å². The summed E-state index contributed by atoms with van der Waals surface area (Å²) in [4.78, 5) is 1.51.